The van der Waals surface area contributed by atoms with E-state index in [0.717, 1.165) is 0 Å². The lowest BCUT2D eigenvalue weighted by Gasteiger charge is -2.16. The summed E-state index contributed by atoms with van der Waals surface area (Å²) in [6.07, 6.45) is 0.759. The zero-order chi connectivity index (χ0) is 12.6. The fourth-order valence-corrected chi connectivity index (χ4v) is 1.83. The molecule has 1 aliphatic heterocycles. The van der Waals surface area contributed by atoms with Crippen molar-refractivity contribution in [2.45, 2.75) is 25.7 Å². The average molecular weight is 276 g/mol. The molecule has 1 aromatic rings. The maximum absolute atomic E-state index is 12.1. The number of aromatic nitrogens is 1. The molecule has 0 unspecified atom stereocenters. The number of carbonyl (C=O) groups is 1. The summed E-state index contributed by atoms with van der Waals surface area (Å²) in [4.78, 5) is 15.9. The Morgan fingerprint density at radius 1 is 1.53 bits per heavy atom. The SMILES string of the molecule is CC1(C)OC[C@@H](C(=O)c2cnc(Cl)c(Cl)c2)O1. The molecule has 0 N–H and O–H groups in total. The van der Waals surface area contributed by atoms with E-state index in [1.54, 1.807) is 13.8 Å². The minimum atomic E-state index is -0.732. The maximum Gasteiger partial charge on any atom is 0.195 e. The summed E-state index contributed by atoms with van der Waals surface area (Å²) in [5, 5.41) is 0.419. The predicted octanol–water partition coefficient (Wildman–Crippen LogP) is 2.72. The van der Waals surface area contributed by atoms with Crippen molar-refractivity contribution in [1.29, 1.82) is 0 Å². The molecule has 92 valence electrons. The first-order chi connectivity index (χ1) is 7.89. The highest BCUT2D eigenvalue weighted by Crippen LogP contribution is 2.26. The quantitative estimate of drug-likeness (QED) is 0.615. The van der Waals surface area contributed by atoms with E-state index in [1.165, 1.54) is 12.3 Å². The van der Waals surface area contributed by atoms with Crippen LogP contribution in [0.4, 0.5) is 0 Å². The Labute approximate surface area is 109 Å². The Bertz CT molecular complexity index is 462. The van der Waals surface area contributed by atoms with Gasteiger partial charge in [0.05, 0.1) is 11.6 Å². The molecule has 1 aromatic heterocycles. The van der Waals surface area contributed by atoms with Crippen LogP contribution in [0.5, 0.6) is 0 Å². The molecule has 17 heavy (non-hydrogen) atoms. The fourth-order valence-electron chi connectivity index (χ4n) is 1.56. The second-order valence-corrected chi connectivity index (χ2v) is 4.94. The van der Waals surface area contributed by atoms with Crippen LogP contribution in [0.1, 0.15) is 24.2 Å². The minimum Gasteiger partial charge on any atom is -0.347 e. The van der Waals surface area contributed by atoms with Crippen molar-refractivity contribution in [3.05, 3.63) is 28.0 Å². The smallest absolute Gasteiger partial charge is 0.195 e. The molecule has 1 aliphatic rings. The van der Waals surface area contributed by atoms with Crippen LogP contribution in [0.3, 0.4) is 0 Å². The van der Waals surface area contributed by atoms with Crippen molar-refractivity contribution < 1.29 is 14.3 Å². The molecule has 0 spiro atoms. The number of hydrogen-bond donors (Lipinski definition) is 0. The topological polar surface area (TPSA) is 48.4 Å². The van der Waals surface area contributed by atoms with E-state index in [1.807, 2.05) is 0 Å². The predicted molar refractivity (Wildman–Crippen MR) is 63.5 cm³/mol. The summed E-state index contributed by atoms with van der Waals surface area (Å²) in [7, 11) is 0. The maximum atomic E-state index is 12.1. The first-order valence-electron chi connectivity index (χ1n) is 5.06. The molecule has 6 heteroatoms. The largest absolute Gasteiger partial charge is 0.347 e. The Balaban J connectivity index is 2.18. The lowest BCUT2D eigenvalue weighted by molar-refractivity contribution is -0.133. The van der Waals surface area contributed by atoms with E-state index < -0.39 is 11.9 Å². The van der Waals surface area contributed by atoms with Gasteiger partial charge in [-0.15, -0.1) is 0 Å². The molecule has 2 rings (SSSR count). The summed E-state index contributed by atoms with van der Waals surface area (Å²) < 4.78 is 10.8. The molecule has 1 fully saturated rings. The van der Waals surface area contributed by atoms with Crippen LogP contribution in [0.25, 0.3) is 0 Å². The highest BCUT2D eigenvalue weighted by molar-refractivity contribution is 6.41. The van der Waals surface area contributed by atoms with Gasteiger partial charge in [0.15, 0.2) is 11.6 Å². The van der Waals surface area contributed by atoms with Crippen LogP contribution in [-0.2, 0) is 9.47 Å². The Morgan fingerprint density at radius 2 is 2.24 bits per heavy atom. The molecule has 0 radical (unpaired) electrons. The van der Waals surface area contributed by atoms with Gasteiger partial charge < -0.3 is 9.47 Å². The van der Waals surface area contributed by atoms with Gasteiger partial charge in [-0.25, -0.2) is 4.98 Å². The molecule has 1 atom stereocenters. The van der Waals surface area contributed by atoms with Gasteiger partial charge in [-0.1, -0.05) is 23.2 Å². The van der Waals surface area contributed by atoms with Crippen molar-refractivity contribution in [2.75, 3.05) is 6.61 Å². The first-order valence-corrected chi connectivity index (χ1v) is 5.82. The lowest BCUT2D eigenvalue weighted by atomic mass is 10.1. The normalized spacial score (nSPS) is 22.7. The summed E-state index contributed by atoms with van der Waals surface area (Å²) >= 11 is 11.5. The van der Waals surface area contributed by atoms with Crippen LogP contribution >= 0.6 is 23.2 Å². The minimum absolute atomic E-state index is 0.173. The summed E-state index contributed by atoms with van der Waals surface area (Å²) in [6, 6.07) is 1.48. The molecular weight excluding hydrogens is 265 g/mol. The third kappa shape index (κ3) is 2.77. The zero-order valence-electron chi connectivity index (χ0n) is 9.37. The fraction of sp³-hybridized carbons (Fsp3) is 0.455. The van der Waals surface area contributed by atoms with Crippen molar-refractivity contribution in [3.63, 3.8) is 0 Å². The van der Waals surface area contributed by atoms with E-state index in [9.17, 15) is 4.79 Å². The third-order valence-electron chi connectivity index (χ3n) is 2.38. The van der Waals surface area contributed by atoms with Gasteiger partial charge in [0.2, 0.25) is 0 Å². The number of pyridine rings is 1. The number of hydrogen-bond acceptors (Lipinski definition) is 4. The molecule has 0 amide bonds. The van der Waals surface area contributed by atoms with Crippen molar-refractivity contribution in [2.24, 2.45) is 0 Å². The highest BCUT2D eigenvalue weighted by atomic mass is 35.5. The molecule has 0 aliphatic carbocycles. The van der Waals surface area contributed by atoms with Gasteiger partial charge >= 0.3 is 0 Å². The molecule has 0 bridgehead atoms. The highest BCUT2D eigenvalue weighted by Gasteiger charge is 2.37. The van der Waals surface area contributed by atoms with Gasteiger partial charge in [-0.3, -0.25) is 4.79 Å². The van der Waals surface area contributed by atoms with Crippen LogP contribution in [0.2, 0.25) is 10.2 Å². The average Bonchev–Trinajstić information content (AvgIpc) is 2.62. The number of rotatable bonds is 2. The second kappa shape index (κ2) is 4.53. The van der Waals surface area contributed by atoms with E-state index in [2.05, 4.69) is 4.98 Å². The third-order valence-corrected chi connectivity index (χ3v) is 3.07. The number of carbonyl (C=O) groups excluding carboxylic acids is 1. The Kier molecular flexibility index (Phi) is 3.41. The standard InChI is InChI=1S/C11H11Cl2NO3/c1-11(2)16-5-8(17-11)9(15)6-3-7(12)10(13)14-4-6/h3-4,8H,5H2,1-2H3/t8-/m0/s1. The number of ether oxygens (including phenoxy) is 2. The van der Waals surface area contributed by atoms with E-state index >= 15 is 0 Å². The molecule has 4 nitrogen and oxygen atoms in total. The van der Waals surface area contributed by atoms with Gasteiger partial charge in [0.1, 0.15) is 11.3 Å². The van der Waals surface area contributed by atoms with Crippen molar-refractivity contribution in [3.8, 4) is 0 Å². The summed E-state index contributed by atoms with van der Waals surface area (Å²) in [5.41, 5.74) is 0.366. The Morgan fingerprint density at radius 3 is 2.76 bits per heavy atom. The van der Waals surface area contributed by atoms with E-state index in [-0.39, 0.29) is 22.6 Å². The zero-order valence-corrected chi connectivity index (χ0v) is 10.9. The molecule has 2 heterocycles. The van der Waals surface area contributed by atoms with Gasteiger partial charge in [-0.2, -0.15) is 0 Å². The van der Waals surface area contributed by atoms with Gasteiger partial charge in [-0.05, 0) is 19.9 Å². The number of nitrogens with zero attached hydrogens (tertiary/aromatic N) is 1. The number of ketones is 1. The molecule has 0 saturated carbocycles. The van der Waals surface area contributed by atoms with Crippen LogP contribution in [-0.4, -0.2) is 29.3 Å². The molecular formula is C11H11Cl2NO3. The Hall–Kier alpha value is -0.680. The number of halogens is 2. The molecule has 0 aromatic carbocycles. The number of Topliss-reactive ketones (excluding diaryl/α,β-unsaturated/α-hetero) is 1. The van der Waals surface area contributed by atoms with Crippen LogP contribution in [0, 0.1) is 0 Å². The van der Waals surface area contributed by atoms with E-state index in [4.69, 9.17) is 32.7 Å². The van der Waals surface area contributed by atoms with Gasteiger partial charge in [0, 0.05) is 11.8 Å². The molecule has 1 saturated heterocycles. The first kappa shape index (κ1) is 12.8. The van der Waals surface area contributed by atoms with Crippen LogP contribution in [0.15, 0.2) is 12.3 Å². The summed E-state index contributed by atoms with van der Waals surface area (Å²) in [6.45, 7) is 3.74. The van der Waals surface area contributed by atoms with Crippen molar-refractivity contribution in [1.82, 2.24) is 4.98 Å². The van der Waals surface area contributed by atoms with E-state index in [0.29, 0.717) is 5.56 Å². The van der Waals surface area contributed by atoms with Gasteiger partial charge in [0.25, 0.3) is 0 Å². The monoisotopic (exact) mass is 275 g/mol. The van der Waals surface area contributed by atoms with Crippen LogP contribution < -0.4 is 0 Å². The lowest BCUT2D eigenvalue weighted by Crippen LogP contribution is -2.27. The second-order valence-electron chi connectivity index (χ2n) is 4.18. The summed E-state index contributed by atoms with van der Waals surface area (Å²) in [5.74, 6) is -0.939. The van der Waals surface area contributed by atoms with Crippen molar-refractivity contribution >= 4 is 29.0 Å².